The molecule has 21 heavy (non-hydrogen) atoms. The molecule has 0 unspecified atom stereocenters. The molecule has 122 valence electrons. The summed E-state index contributed by atoms with van der Waals surface area (Å²) in [5, 5.41) is 16.2. The van der Waals surface area contributed by atoms with Crippen LogP contribution in [-0.4, -0.2) is 46.9 Å². The Morgan fingerprint density at radius 3 is 2.43 bits per heavy atom. The topological polar surface area (TPSA) is 115 Å². The highest BCUT2D eigenvalue weighted by Crippen LogP contribution is 2.10. The summed E-state index contributed by atoms with van der Waals surface area (Å²) in [5.74, 6) is -0.993. The molecule has 0 heterocycles. The third-order valence-corrected chi connectivity index (χ3v) is 2.67. The molecule has 0 spiro atoms. The molecule has 0 aromatic carbocycles. The minimum Gasteiger partial charge on any atom is -0.480 e. The van der Waals surface area contributed by atoms with E-state index in [-0.39, 0.29) is 0 Å². The van der Waals surface area contributed by atoms with E-state index in [1.807, 2.05) is 0 Å². The van der Waals surface area contributed by atoms with Gasteiger partial charge in [0.2, 0.25) is 0 Å². The number of rotatable bonds is 9. The summed E-state index contributed by atoms with van der Waals surface area (Å²) < 4.78 is 5.08. The number of hydrogen-bond donors (Lipinski definition) is 3. The minimum absolute atomic E-state index is 0.372. The molecule has 0 aromatic heterocycles. The van der Waals surface area contributed by atoms with Crippen molar-refractivity contribution < 1.29 is 19.4 Å². The first-order valence-electron chi connectivity index (χ1n) is 7.05. The fourth-order valence-corrected chi connectivity index (χ4v) is 1.73. The molecule has 0 saturated carbocycles. The number of nitrogens with zero attached hydrogens (tertiary/aromatic N) is 2. The van der Waals surface area contributed by atoms with Gasteiger partial charge in [0.15, 0.2) is 0 Å². The van der Waals surface area contributed by atoms with Gasteiger partial charge in [-0.15, -0.1) is 0 Å². The van der Waals surface area contributed by atoms with Gasteiger partial charge in [0, 0.05) is 13.1 Å². The largest absolute Gasteiger partial charge is 0.480 e. The van der Waals surface area contributed by atoms with Gasteiger partial charge < -0.3 is 15.2 Å². The second-order valence-corrected chi connectivity index (χ2v) is 5.63. The van der Waals surface area contributed by atoms with Gasteiger partial charge in [0.25, 0.3) is 0 Å². The molecular weight excluding hydrogens is 276 g/mol. The van der Waals surface area contributed by atoms with E-state index in [0.29, 0.717) is 32.4 Å². The Labute approximate surface area is 125 Å². The van der Waals surface area contributed by atoms with Crippen molar-refractivity contribution in [2.45, 2.75) is 58.6 Å². The average molecular weight is 302 g/mol. The van der Waals surface area contributed by atoms with Gasteiger partial charge in [-0.05, 0) is 47.0 Å². The molecule has 0 aromatic rings. The number of carboxylic acids is 1. The lowest BCUT2D eigenvalue weighted by Crippen LogP contribution is -2.37. The maximum Gasteiger partial charge on any atom is 0.407 e. The maximum absolute atomic E-state index is 11.4. The monoisotopic (exact) mass is 302 g/mol. The van der Waals surface area contributed by atoms with Crippen molar-refractivity contribution >= 4 is 12.1 Å². The highest BCUT2D eigenvalue weighted by atomic mass is 16.6. The van der Waals surface area contributed by atoms with E-state index in [0.717, 1.165) is 0 Å². The molecule has 0 bridgehead atoms. The molecule has 0 fully saturated rings. The van der Waals surface area contributed by atoms with Gasteiger partial charge >= 0.3 is 12.1 Å². The Kier molecular flexibility index (Phi) is 8.34. The number of amides is 1. The van der Waals surface area contributed by atoms with Gasteiger partial charge in [-0.3, -0.25) is 5.01 Å². The predicted octanol–water partition coefficient (Wildman–Crippen LogP) is 2.40. The normalized spacial score (nSPS) is 12.4. The van der Waals surface area contributed by atoms with Crippen LogP contribution in [0.3, 0.4) is 0 Å². The summed E-state index contributed by atoms with van der Waals surface area (Å²) in [6.07, 6.45) is 1.15. The minimum atomic E-state index is -0.993. The zero-order valence-electron chi connectivity index (χ0n) is 13.2. The van der Waals surface area contributed by atoms with Gasteiger partial charge in [0.1, 0.15) is 11.6 Å². The van der Waals surface area contributed by atoms with E-state index in [2.05, 4.69) is 10.5 Å². The first-order chi connectivity index (χ1) is 9.71. The van der Waals surface area contributed by atoms with Crippen LogP contribution in [0.25, 0.3) is 0 Å². The number of ether oxygens (including phenoxy) is 1. The van der Waals surface area contributed by atoms with Crippen LogP contribution in [0.4, 0.5) is 4.79 Å². The Morgan fingerprint density at radius 1 is 1.38 bits per heavy atom. The number of unbranched alkanes of at least 4 members (excludes halogenated alkanes) is 1. The van der Waals surface area contributed by atoms with Crippen LogP contribution in [0, 0.1) is 5.53 Å². The van der Waals surface area contributed by atoms with E-state index >= 15 is 0 Å². The molecule has 0 radical (unpaired) electrons. The van der Waals surface area contributed by atoms with Crippen LogP contribution in [0.5, 0.6) is 0 Å². The van der Waals surface area contributed by atoms with Crippen LogP contribution in [-0.2, 0) is 9.53 Å². The lowest BCUT2D eigenvalue weighted by atomic mass is 10.1. The standard InChI is InChI=1S/C13H26N4O4/c1-5-17(16-14)10(11(18)19)8-6-7-9-15-12(20)21-13(2,3)4/h10,14H,5-9H2,1-4H3,(H,15,20)(H,18,19)/t10-/m0/s1. The zero-order chi connectivity index (χ0) is 16.5. The number of carbonyl (C=O) groups excluding carboxylic acids is 1. The third-order valence-electron chi connectivity index (χ3n) is 2.67. The van der Waals surface area contributed by atoms with Gasteiger partial charge in [-0.1, -0.05) is 5.22 Å². The summed E-state index contributed by atoms with van der Waals surface area (Å²) in [6.45, 7) is 7.90. The average Bonchev–Trinajstić information content (AvgIpc) is 2.34. The first kappa shape index (κ1) is 19.1. The van der Waals surface area contributed by atoms with Crippen molar-refractivity contribution in [1.29, 1.82) is 5.53 Å². The van der Waals surface area contributed by atoms with Crippen molar-refractivity contribution in [3.63, 3.8) is 0 Å². The number of likely N-dealkylation sites (N-methyl/N-ethyl adjacent to an activating group) is 1. The quantitative estimate of drug-likeness (QED) is 0.343. The van der Waals surface area contributed by atoms with E-state index in [9.17, 15) is 9.59 Å². The van der Waals surface area contributed by atoms with Crippen LogP contribution in [0.15, 0.2) is 5.22 Å². The van der Waals surface area contributed by atoms with Gasteiger partial charge in [0.05, 0.1) is 0 Å². The fraction of sp³-hybridized carbons (Fsp3) is 0.846. The number of hydrogen-bond acceptors (Lipinski definition) is 5. The molecule has 0 aliphatic heterocycles. The maximum atomic E-state index is 11.4. The number of alkyl carbamates (subject to hydrolysis) is 1. The van der Waals surface area contributed by atoms with E-state index in [1.54, 1.807) is 27.7 Å². The SMILES string of the molecule is CCN(N=N)[C@@H](CCCCNC(=O)OC(C)(C)C)C(=O)O. The summed E-state index contributed by atoms with van der Waals surface area (Å²) in [6, 6.07) is -0.797. The summed E-state index contributed by atoms with van der Waals surface area (Å²) in [4.78, 5) is 22.5. The van der Waals surface area contributed by atoms with E-state index < -0.39 is 23.7 Å². The zero-order valence-corrected chi connectivity index (χ0v) is 13.2. The van der Waals surface area contributed by atoms with Crippen molar-refractivity contribution in [1.82, 2.24) is 10.3 Å². The van der Waals surface area contributed by atoms with E-state index in [1.165, 1.54) is 5.01 Å². The molecule has 0 aliphatic rings. The predicted molar refractivity (Wildman–Crippen MR) is 77.0 cm³/mol. The number of aliphatic carboxylic acids is 1. The van der Waals surface area contributed by atoms with Crippen molar-refractivity contribution in [3.8, 4) is 0 Å². The Hall–Kier alpha value is -1.86. The smallest absolute Gasteiger partial charge is 0.407 e. The summed E-state index contributed by atoms with van der Waals surface area (Å²) in [5.41, 5.74) is 6.42. The van der Waals surface area contributed by atoms with Gasteiger partial charge in [-0.25, -0.2) is 9.59 Å². The molecule has 3 N–H and O–H groups in total. The highest BCUT2D eigenvalue weighted by molar-refractivity contribution is 5.73. The van der Waals surface area contributed by atoms with Crippen molar-refractivity contribution in [2.75, 3.05) is 13.1 Å². The summed E-state index contributed by atoms with van der Waals surface area (Å²) >= 11 is 0. The molecule has 0 rings (SSSR count). The molecule has 1 amide bonds. The second-order valence-electron chi connectivity index (χ2n) is 5.63. The third kappa shape index (κ3) is 8.83. The molecule has 0 aliphatic carbocycles. The Balaban J connectivity index is 3.99. The van der Waals surface area contributed by atoms with Crippen LogP contribution in [0.2, 0.25) is 0 Å². The lowest BCUT2D eigenvalue weighted by molar-refractivity contribution is -0.143. The molecular formula is C13H26N4O4. The Morgan fingerprint density at radius 2 is 2.00 bits per heavy atom. The number of carboxylic acid groups (broad SMARTS) is 1. The van der Waals surface area contributed by atoms with Crippen molar-refractivity contribution in [2.24, 2.45) is 5.22 Å². The van der Waals surface area contributed by atoms with Crippen LogP contribution >= 0.6 is 0 Å². The number of carbonyl (C=O) groups is 2. The molecule has 0 saturated heterocycles. The second kappa shape index (κ2) is 9.15. The fourth-order valence-electron chi connectivity index (χ4n) is 1.73. The summed E-state index contributed by atoms with van der Waals surface area (Å²) in [7, 11) is 0. The number of nitrogens with one attached hydrogen (secondary N) is 2. The Bertz CT molecular complexity index is 355. The molecule has 8 nitrogen and oxygen atoms in total. The van der Waals surface area contributed by atoms with E-state index in [4.69, 9.17) is 15.4 Å². The van der Waals surface area contributed by atoms with Crippen LogP contribution < -0.4 is 5.32 Å². The van der Waals surface area contributed by atoms with Gasteiger partial charge in [-0.2, -0.15) is 5.53 Å². The lowest BCUT2D eigenvalue weighted by Gasteiger charge is -2.23. The molecule has 8 heteroatoms. The van der Waals surface area contributed by atoms with Crippen LogP contribution in [0.1, 0.15) is 47.0 Å². The molecule has 1 atom stereocenters. The highest BCUT2D eigenvalue weighted by Gasteiger charge is 2.23. The van der Waals surface area contributed by atoms with Crippen molar-refractivity contribution in [3.05, 3.63) is 0 Å². The first-order valence-corrected chi connectivity index (χ1v) is 7.05.